The van der Waals surface area contributed by atoms with E-state index in [-0.39, 0.29) is 23.1 Å². The predicted octanol–water partition coefficient (Wildman–Crippen LogP) is 4.03. The smallest absolute Gasteiger partial charge is 0.408 e. The van der Waals surface area contributed by atoms with Crippen LogP contribution in [-0.4, -0.2) is 45.6 Å². The van der Waals surface area contributed by atoms with Gasteiger partial charge in [0, 0.05) is 11.3 Å². The third-order valence-electron chi connectivity index (χ3n) is 6.27. The lowest BCUT2D eigenvalue weighted by molar-refractivity contribution is -0.191. The van der Waals surface area contributed by atoms with Gasteiger partial charge in [-0.25, -0.2) is 9.18 Å². The highest BCUT2D eigenvalue weighted by Crippen LogP contribution is 2.46. The molecule has 0 radical (unpaired) electrons. The predicted molar refractivity (Wildman–Crippen MR) is 117 cm³/mol. The van der Waals surface area contributed by atoms with Crippen LogP contribution >= 0.6 is 0 Å². The van der Waals surface area contributed by atoms with Crippen LogP contribution in [0.2, 0.25) is 0 Å². The Kier molecular flexibility index (Phi) is 7.14. The fourth-order valence-corrected chi connectivity index (χ4v) is 4.55. The largest absolute Gasteiger partial charge is 0.444 e. The molecule has 2 aromatic heterocycles. The van der Waals surface area contributed by atoms with Crippen molar-refractivity contribution in [3.8, 4) is 0 Å². The van der Waals surface area contributed by atoms with E-state index in [0.29, 0.717) is 29.6 Å². The first-order chi connectivity index (χ1) is 15.5. The number of amides is 1. The number of alkyl carbamates (subject to hydrolysis) is 1. The second-order valence-electron chi connectivity index (χ2n) is 9.87. The Bertz CT molecular complexity index is 1030. The average Bonchev–Trinajstić information content (AvgIpc) is 2.73. The van der Waals surface area contributed by atoms with E-state index in [1.165, 1.54) is 6.20 Å². The second-order valence-corrected chi connectivity index (χ2v) is 9.87. The number of aromatic nitrogens is 2. The molecule has 2 bridgehead atoms. The van der Waals surface area contributed by atoms with Gasteiger partial charge in [-0.15, -0.1) is 0 Å². The number of rotatable bonds is 4. The molecule has 1 saturated carbocycles. The summed E-state index contributed by atoms with van der Waals surface area (Å²) in [6, 6.07) is 3.77. The van der Waals surface area contributed by atoms with E-state index in [1.807, 2.05) is 39.8 Å². The molecule has 4 heterocycles. The average molecular weight is 460 g/mol. The van der Waals surface area contributed by atoms with Crippen molar-refractivity contribution in [2.45, 2.75) is 83.0 Å². The number of nitrogens with zero attached hydrogens (tertiary/aromatic N) is 2. The summed E-state index contributed by atoms with van der Waals surface area (Å²) in [6.45, 7) is 7.92. The lowest BCUT2D eigenvalue weighted by atomic mass is 9.69. The standard InChI is InChI=1S/C23H30FN3O3.CO2/c1-15-5-6-18-19(26-15)16(17(24)13-25-18)7-8-23-11-9-22(10-12-23,14-29-23)27-20(28)30-21(2,3)4;2-1-3/h5-6,13H,7-12,14H2,1-4H3,(H,27,28);. The van der Waals surface area contributed by atoms with E-state index in [4.69, 9.17) is 19.1 Å². The van der Waals surface area contributed by atoms with Gasteiger partial charge in [0.25, 0.3) is 0 Å². The van der Waals surface area contributed by atoms with Crippen LogP contribution < -0.4 is 5.32 Å². The Balaban J connectivity index is 0.000000968. The van der Waals surface area contributed by atoms with Crippen molar-refractivity contribution in [2.24, 2.45) is 0 Å². The molecule has 2 aromatic rings. The number of carbonyl (C=O) groups excluding carboxylic acids is 3. The zero-order valence-corrected chi connectivity index (χ0v) is 19.5. The van der Waals surface area contributed by atoms with Crippen molar-refractivity contribution in [1.82, 2.24) is 15.3 Å². The summed E-state index contributed by atoms with van der Waals surface area (Å²) < 4.78 is 26.3. The van der Waals surface area contributed by atoms with Crippen LogP contribution in [0.3, 0.4) is 0 Å². The van der Waals surface area contributed by atoms with Crippen LogP contribution in [0, 0.1) is 12.7 Å². The molecule has 1 aliphatic carbocycles. The van der Waals surface area contributed by atoms with Crippen LogP contribution in [0.5, 0.6) is 0 Å². The van der Waals surface area contributed by atoms with E-state index >= 15 is 0 Å². The highest BCUT2D eigenvalue weighted by molar-refractivity contribution is 5.78. The monoisotopic (exact) mass is 459 g/mol. The molecule has 1 N–H and O–H groups in total. The molecule has 0 aromatic carbocycles. The van der Waals surface area contributed by atoms with Crippen molar-refractivity contribution in [3.63, 3.8) is 0 Å². The highest BCUT2D eigenvalue weighted by Gasteiger charge is 2.50. The summed E-state index contributed by atoms with van der Waals surface area (Å²) >= 11 is 0. The van der Waals surface area contributed by atoms with Crippen LogP contribution in [0.25, 0.3) is 11.0 Å². The Morgan fingerprint density at radius 3 is 2.48 bits per heavy atom. The number of fused-ring (bicyclic) bond motifs is 4. The molecule has 8 nitrogen and oxygen atoms in total. The zero-order chi connectivity index (χ0) is 24.3. The van der Waals surface area contributed by atoms with Crippen molar-refractivity contribution >= 4 is 23.3 Å². The van der Waals surface area contributed by atoms with Gasteiger partial charge in [0.15, 0.2) is 0 Å². The molecule has 0 unspecified atom stereocenters. The van der Waals surface area contributed by atoms with Crippen LogP contribution in [0.1, 0.15) is 64.1 Å². The number of carbonyl (C=O) groups is 1. The minimum atomic E-state index is -0.529. The van der Waals surface area contributed by atoms with Crippen molar-refractivity contribution < 1.29 is 28.2 Å². The topological polar surface area (TPSA) is 107 Å². The first kappa shape index (κ1) is 24.7. The molecule has 0 spiro atoms. The molecular weight excluding hydrogens is 429 g/mol. The normalized spacial score (nSPS) is 23.9. The Morgan fingerprint density at radius 1 is 1.24 bits per heavy atom. The van der Waals surface area contributed by atoms with Crippen LogP contribution in [0.4, 0.5) is 9.18 Å². The third kappa shape index (κ3) is 5.92. The molecule has 2 saturated heterocycles. The van der Waals surface area contributed by atoms with Gasteiger partial charge in [0.05, 0.1) is 35.0 Å². The van der Waals surface area contributed by atoms with Crippen LogP contribution in [0.15, 0.2) is 18.3 Å². The maximum atomic E-state index is 14.6. The van der Waals surface area contributed by atoms with E-state index in [2.05, 4.69) is 15.3 Å². The fourth-order valence-electron chi connectivity index (χ4n) is 4.55. The number of halogens is 1. The zero-order valence-electron chi connectivity index (χ0n) is 19.5. The molecule has 2 aliphatic heterocycles. The maximum Gasteiger partial charge on any atom is 0.408 e. The number of hydrogen-bond acceptors (Lipinski definition) is 7. The maximum absolute atomic E-state index is 14.6. The molecule has 0 atom stereocenters. The summed E-state index contributed by atoms with van der Waals surface area (Å²) in [5.41, 5.74) is 1.64. The molecule has 9 heteroatoms. The highest BCUT2D eigenvalue weighted by atomic mass is 19.1. The summed E-state index contributed by atoms with van der Waals surface area (Å²) in [5.74, 6) is -0.315. The number of aryl methyl sites for hydroxylation is 2. The number of ether oxygens (including phenoxy) is 2. The molecule has 3 fully saturated rings. The van der Waals surface area contributed by atoms with Gasteiger partial charge in [-0.2, -0.15) is 9.59 Å². The quantitative estimate of drug-likeness (QED) is 0.735. The summed E-state index contributed by atoms with van der Waals surface area (Å²) in [5, 5.41) is 3.04. The van der Waals surface area contributed by atoms with Gasteiger partial charge in [-0.3, -0.25) is 9.97 Å². The Labute approximate surface area is 192 Å². The number of pyridine rings is 2. The van der Waals surface area contributed by atoms with Crippen molar-refractivity contribution in [1.29, 1.82) is 0 Å². The molecule has 1 amide bonds. The summed E-state index contributed by atoms with van der Waals surface area (Å²) in [4.78, 5) is 37.2. The van der Waals surface area contributed by atoms with E-state index < -0.39 is 11.7 Å². The summed E-state index contributed by atoms with van der Waals surface area (Å²) in [7, 11) is 0. The second kappa shape index (κ2) is 9.53. The molecular formula is C24H30FN3O5. The van der Waals surface area contributed by atoms with Crippen LogP contribution in [-0.2, 0) is 25.5 Å². The fraction of sp³-hybridized carbons (Fsp3) is 0.583. The molecule has 178 valence electrons. The molecule has 5 rings (SSSR count). The van der Waals surface area contributed by atoms with Gasteiger partial charge in [-0.1, -0.05) is 0 Å². The SMILES string of the molecule is Cc1ccc2ncc(F)c(CCC34CCC(NC(=O)OC(C)(C)C)(CC3)CO4)c2n1.O=C=O. The summed E-state index contributed by atoms with van der Waals surface area (Å²) in [6.07, 6.45) is 5.75. The lowest BCUT2D eigenvalue weighted by Crippen LogP contribution is -2.63. The number of nitrogens with one attached hydrogen (secondary N) is 1. The van der Waals surface area contributed by atoms with Gasteiger partial charge in [0.1, 0.15) is 11.4 Å². The van der Waals surface area contributed by atoms with E-state index in [0.717, 1.165) is 37.8 Å². The first-order valence-corrected chi connectivity index (χ1v) is 11.1. The minimum Gasteiger partial charge on any atom is -0.444 e. The Morgan fingerprint density at radius 2 is 1.91 bits per heavy atom. The van der Waals surface area contributed by atoms with E-state index in [1.54, 1.807) is 0 Å². The van der Waals surface area contributed by atoms with Gasteiger partial charge < -0.3 is 14.8 Å². The lowest BCUT2D eigenvalue weighted by Gasteiger charge is -2.53. The molecule has 33 heavy (non-hydrogen) atoms. The number of hydrogen-bond donors (Lipinski definition) is 1. The van der Waals surface area contributed by atoms with Gasteiger partial charge in [0.2, 0.25) is 0 Å². The first-order valence-electron chi connectivity index (χ1n) is 11.1. The molecule has 3 aliphatic rings. The Hall–Kier alpha value is -2.90. The van der Waals surface area contributed by atoms with Gasteiger partial charge >= 0.3 is 12.2 Å². The van der Waals surface area contributed by atoms with Gasteiger partial charge in [-0.05, 0) is 78.4 Å². The van der Waals surface area contributed by atoms with E-state index in [9.17, 15) is 9.18 Å². The minimum absolute atomic E-state index is 0.250. The van der Waals surface area contributed by atoms with Crippen molar-refractivity contribution in [3.05, 3.63) is 35.4 Å². The third-order valence-corrected chi connectivity index (χ3v) is 6.27. The van der Waals surface area contributed by atoms with Crippen molar-refractivity contribution in [2.75, 3.05) is 6.61 Å².